The normalized spacial score (nSPS) is 15.5. The number of morpholine rings is 1. The summed E-state index contributed by atoms with van der Waals surface area (Å²) in [4.78, 5) is 2.11. The molecule has 1 aromatic carbocycles. The van der Waals surface area contributed by atoms with E-state index in [-0.39, 0.29) is 4.90 Å². The lowest BCUT2D eigenvalue weighted by Gasteiger charge is -2.27. The molecule has 1 aliphatic rings. The molecule has 0 saturated carbocycles. The third-order valence-corrected chi connectivity index (χ3v) is 6.50. The highest BCUT2D eigenvalue weighted by atomic mass is 35.5. The first-order valence-electron chi connectivity index (χ1n) is 8.33. The lowest BCUT2D eigenvalue weighted by molar-refractivity contribution is 0.0730. The second-order valence-corrected chi connectivity index (χ2v) is 8.79. The average molecular weight is 418 g/mol. The van der Waals surface area contributed by atoms with Crippen LogP contribution >= 0.6 is 23.8 Å². The van der Waals surface area contributed by atoms with E-state index in [1.54, 1.807) is 6.07 Å². The maximum atomic E-state index is 12.8. The van der Waals surface area contributed by atoms with Gasteiger partial charge in [-0.25, -0.2) is 8.42 Å². The van der Waals surface area contributed by atoms with E-state index in [9.17, 15) is 8.42 Å². The lowest BCUT2D eigenvalue weighted by Crippen LogP contribution is -2.40. The second-order valence-electron chi connectivity index (χ2n) is 6.06. The number of benzene rings is 1. The van der Waals surface area contributed by atoms with Crippen molar-refractivity contribution in [3.05, 3.63) is 35.4 Å². The number of hydrogen-bond acceptors (Lipinski definition) is 4. The third kappa shape index (κ3) is 5.17. The molecule has 1 aromatic rings. The number of anilines is 1. The maximum Gasteiger partial charge on any atom is 0.243 e. The number of thiocarbonyl (C=S) groups is 1. The van der Waals surface area contributed by atoms with Gasteiger partial charge in [-0.15, -0.1) is 0 Å². The van der Waals surface area contributed by atoms with E-state index >= 15 is 0 Å². The number of likely N-dealkylation sites (N-methyl/N-ethyl adjacent to an activating group) is 1. The van der Waals surface area contributed by atoms with Crippen molar-refractivity contribution in [2.24, 2.45) is 0 Å². The molecule has 9 heteroatoms. The minimum absolute atomic E-state index is 0.178. The van der Waals surface area contributed by atoms with Crippen LogP contribution < -0.4 is 5.32 Å². The molecular weight excluding hydrogens is 394 g/mol. The molecule has 1 saturated heterocycles. The number of nitrogens with one attached hydrogen (secondary N) is 1. The van der Waals surface area contributed by atoms with Gasteiger partial charge in [0.25, 0.3) is 0 Å². The predicted octanol–water partition coefficient (Wildman–Crippen LogP) is 2.96. The molecule has 0 bridgehead atoms. The number of nitrogens with zero attached hydrogens (tertiary/aromatic N) is 2. The number of hydrogen-bond donors (Lipinski definition) is 1. The molecule has 0 atom stereocenters. The van der Waals surface area contributed by atoms with E-state index in [1.165, 1.54) is 16.4 Å². The standard InChI is InChI=1S/C17H24ClN3O3S2/c1-4-20(12-13(2)3)17(25)19-16-11-14(5-6-15(16)18)26(22,23)21-7-9-24-10-8-21/h5-6,11H,2,4,7-10,12H2,1,3H3,(H,19,25). The van der Waals surface area contributed by atoms with Crippen LogP contribution in [0.1, 0.15) is 13.8 Å². The van der Waals surface area contributed by atoms with Crippen LogP contribution in [0, 0.1) is 0 Å². The van der Waals surface area contributed by atoms with Crippen LogP contribution in [-0.4, -0.2) is 62.1 Å². The molecule has 6 nitrogen and oxygen atoms in total. The van der Waals surface area contributed by atoms with E-state index < -0.39 is 10.0 Å². The zero-order chi connectivity index (χ0) is 19.3. The Morgan fingerprint density at radius 2 is 2.08 bits per heavy atom. The highest BCUT2D eigenvalue weighted by Gasteiger charge is 2.27. The molecular formula is C17H24ClN3O3S2. The minimum atomic E-state index is -3.60. The number of rotatable bonds is 6. The molecule has 0 aliphatic carbocycles. The molecule has 1 heterocycles. The van der Waals surface area contributed by atoms with Gasteiger partial charge in [0.05, 0.1) is 28.8 Å². The van der Waals surface area contributed by atoms with Crippen LogP contribution in [0.15, 0.2) is 35.2 Å². The first kappa shape index (κ1) is 21.1. The SMILES string of the molecule is C=C(C)CN(CC)C(=S)Nc1cc(S(=O)(=O)N2CCOCC2)ccc1Cl. The molecule has 0 spiro atoms. The first-order chi connectivity index (χ1) is 12.3. The summed E-state index contributed by atoms with van der Waals surface area (Å²) in [7, 11) is -3.60. The van der Waals surface area contributed by atoms with Gasteiger partial charge in [0.1, 0.15) is 0 Å². The zero-order valence-corrected chi connectivity index (χ0v) is 17.4. The van der Waals surface area contributed by atoms with E-state index in [4.69, 9.17) is 28.6 Å². The highest BCUT2D eigenvalue weighted by Crippen LogP contribution is 2.27. The predicted molar refractivity (Wildman–Crippen MR) is 109 cm³/mol. The zero-order valence-electron chi connectivity index (χ0n) is 15.0. The summed E-state index contributed by atoms with van der Waals surface area (Å²) in [5, 5.41) is 3.93. The summed E-state index contributed by atoms with van der Waals surface area (Å²) in [6, 6.07) is 4.59. The molecule has 1 fully saturated rings. The molecule has 0 radical (unpaired) electrons. The van der Waals surface area contributed by atoms with Gasteiger partial charge < -0.3 is 15.0 Å². The second kappa shape index (κ2) is 9.14. The van der Waals surface area contributed by atoms with Crippen LogP contribution in [0.3, 0.4) is 0 Å². The van der Waals surface area contributed by atoms with Crippen LogP contribution in [0.5, 0.6) is 0 Å². The minimum Gasteiger partial charge on any atom is -0.379 e. The lowest BCUT2D eigenvalue weighted by atomic mass is 10.3. The topological polar surface area (TPSA) is 61.9 Å². The van der Waals surface area contributed by atoms with Crippen molar-refractivity contribution < 1.29 is 13.2 Å². The number of sulfonamides is 1. The van der Waals surface area contributed by atoms with Gasteiger partial charge in [0.15, 0.2) is 5.11 Å². The first-order valence-corrected chi connectivity index (χ1v) is 10.6. The van der Waals surface area contributed by atoms with Crippen LogP contribution in [0.2, 0.25) is 5.02 Å². The van der Waals surface area contributed by atoms with Crippen molar-refractivity contribution >= 4 is 44.6 Å². The fourth-order valence-corrected chi connectivity index (χ4v) is 4.45. The fourth-order valence-electron chi connectivity index (χ4n) is 2.54. The summed E-state index contributed by atoms with van der Waals surface area (Å²) in [6.45, 7) is 10.6. The van der Waals surface area contributed by atoms with Gasteiger partial charge >= 0.3 is 0 Å². The van der Waals surface area contributed by atoms with Crippen molar-refractivity contribution in [1.82, 2.24) is 9.21 Å². The molecule has 0 unspecified atom stereocenters. The van der Waals surface area contributed by atoms with E-state index in [0.717, 1.165) is 5.57 Å². The Labute approximate surface area is 165 Å². The van der Waals surface area contributed by atoms with Gasteiger partial charge in [-0.2, -0.15) is 4.31 Å². The van der Waals surface area contributed by atoms with Gasteiger partial charge in [-0.1, -0.05) is 23.8 Å². The van der Waals surface area contributed by atoms with Gasteiger partial charge in [0.2, 0.25) is 10.0 Å². The Kier molecular flexibility index (Phi) is 7.42. The van der Waals surface area contributed by atoms with E-state index in [2.05, 4.69) is 11.9 Å². The average Bonchev–Trinajstić information content (AvgIpc) is 2.61. The maximum absolute atomic E-state index is 12.8. The summed E-state index contributed by atoms with van der Waals surface area (Å²) >= 11 is 11.7. The van der Waals surface area contributed by atoms with Crippen LogP contribution in [0.4, 0.5) is 5.69 Å². The Morgan fingerprint density at radius 1 is 1.42 bits per heavy atom. The van der Waals surface area contributed by atoms with Crippen LogP contribution in [-0.2, 0) is 14.8 Å². The molecule has 1 aliphatic heterocycles. The molecule has 26 heavy (non-hydrogen) atoms. The molecule has 0 aromatic heterocycles. The smallest absolute Gasteiger partial charge is 0.243 e. The Morgan fingerprint density at radius 3 is 2.65 bits per heavy atom. The summed E-state index contributed by atoms with van der Waals surface area (Å²) in [5.74, 6) is 0. The molecule has 144 valence electrons. The Bertz CT molecular complexity index is 777. The van der Waals surface area contributed by atoms with E-state index in [1.807, 2.05) is 18.7 Å². The summed E-state index contributed by atoms with van der Waals surface area (Å²) < 4.78 is 32.3. The van der Waals surface area contributed by atoms with Crippen molar-refractivity contribution in [1.29, 1.82) is 0 Å². The van der Waals surface area contributed by atoms with Gasteiger partial charge in [-0.05, 0) is 44.3 Å². The Hall–Kier alpha value is -1.19. The fraction of sp³-hybridized carbons (Fsp3) is 0.471. The summed E-state index contributed by atoms with van der Waals surface area (Å²) in [6.07, 6.45) is 0. The molecule has 0 amide bonds. The molecule has 1 N–H and O–H groups in total. The van der Waals surface area contributed by atoms with Crippen molar-refractivity contribution in [3.8, 4) is 0 Å². The third-order valence-electron chi connectivity index (χ3n) is 3.92. The highest BCUT2D eigenvalue weighted by molar-refractivity contribution is 7.89. The van der Waals surface area contributed by atoms with Crippen molar-refractivity contribution in [3.63, 3.8) is 0 Å². The summed E-state index contributed by atoms with van der Waals surface area (Å²) in [5.41, 5.74) is 1.44. The quantitative estimate of drug-likeness (QED) is 0.567. The molecule has 2 rings (SSSR count). The van der Waals surface area contributed by atoms with Gasteiger partial charge in [0, 0.05) is 26.2 Å². The Balaban J connectivity index is 2.23. The largest absolute Gasteiger partial charge is 0.379 e. The van der Waals surface area contributed by atoms with Gasteiger partial charge in [-0.3, -0.25) is 0 Å². The number of ether oxygens (including phenoxy) is 1. The van der Waals surface area contributed by atoms with Crippen molar-refractivity contribution in [2.45, 2.75) is 18.7 Å². The van der Waals surface area contributed by atoms with Crippen molar-refractivity contribution in [2.75, 3.05) is 44.7 Å². The van der Waals surface area contributed by atoms with E-state index in [0.29, 0.717) is 55.2 Å². The van der Waals surface area contributed by atoms with Crippen LogP contribution in [0.25, 0.3) is 0 Å². The number of halogens is 1. The monoisotopic (exact) mass is 417 g/mol.